The molecular formula is C16H19ClN2O2. The maximum absolute atomic E-state index is 12.7. The number of carbonyl (C=O) groups is 1. The van der Waals surface area contributed by atoms with E-state index in [4.69, 9.17) is 4.42 Å². The molecule has 2 aromatic rings. The zero-order chi connectivity index (χ0) is 13.7. The van der Waals surface area contributed by atoms with Crippen LogP contribution in [0.1, 0.15) is 16.1 Å². The molecule has 2 saturated heterocycles. The van der Waals surface area contributed by atoms with Crippen LogP contribution in [0.15, 0.2) is 28.7 Å². The molecule has 21 heavy (non-hydrogen) atoms. The average molecular weight is 307 g/mol. The van der Waals surface area contributed by atoms with E-state index in [9.17, 15) is 4.79 Å². The molecule has 2 fully saturated rings. The fourth-order valence-corrected chi connectivity index (χ4v) is 3.54. The lowest BCUT2D eigenvalue weighted by atomic mass is 10.0. The minimum Gasteiger partial charge on any atom is -0.451 e. The van der Waals surface area contributed by atoms with Crippen molar-refractivity contribution < 1.29 is 9.21 Å². The number of fused-ring (bicyclic) bond motifs is 2. The molecule has 1 aromatic carbocycles. The summed E-state index contributed by atoms with van der Waals surface area (Å²) in [7, 11) is 0. The molecule has 5 heteroatoms. The highest BCUT2D eigenvalue weighted by molar-refractivity contribution is 5.99. The van der Waals surface area contributed by atoms with E-state index >= 15 is 0 Å². The molecule has 112 valence electrons. The lowest BCUT2D eigenvalue weighted by Gasteiger charge is -2.16. The van der Waals surface area contributed by atoms with Crippen molar-refractivity contribution in [2.24, 2.45) is 11.8 Å². The van der Waals surface area contributed by atoms with Crippen molar-refractivity contribution >= 4 is 29.3 Å². The molecule has 2 atom stereocenters. The molecule has 0 radical (unpaired) electrons. The van der Waals surface area contributed by atoms with E-state index in [0.717, 1.165) is 42.7 Å². The second-order valence-electron chi connectivity index (χ2n) is 5.94. The minimum atomic E-state index is 0. The van der Waals surface area contributed by atoms with Crippen LogP contribution in [-0.4, -0.2) is 37.0 Å². The molecule has 1 N–H and O–H groups in total. The van der Waals surface area contributed by atoms with Crippen molar-refractivity contribution in [2.75, 3.05) is 26.2 Å². The van der Waals surface area contributed by atoms with Crippen LogP contribution in [0.25, 0.3) is 11.0 Å². The monoisotopic (exact) mass is 306 g/mol. The van der Waals surface area contributed by atoms with Crippen LogP contribution in [-0.2, 0) is 0 Å². The van der Waals surface area contributed by atoms with E-state index in [2.05, 4.69) is 5.32 Å². The first kappa shape index (κ1) is 14.4. The zero-order valence-electron chi connectivity index (χ0n) is 12.0. The van der Waals surface area contributed by atoms with E-state index in [1.54, 1.807) is 0 Å². The maximum atomic E-state index is 12.7. The fraction of sp³-hybridized carbons (Fsp3) is 0.438. The van der Waals surface area contributed by atoms with E-state index in [-0.39, 0.29) is 18.3 Å². The number of para-hydroxylation sites is 1. The number of nitrogens with zero attached hydrogens (tertiary/aromatic N) is 1. The predicted octanol–water partition coefficient (Wildman–Crippen LogP) is 2.45. The van der Waals surface area contributed by atoms with E-state index < -0.39 is 0 Å². The molecule has 1 aromatic heterocycles. The highest BCUT2D eigenvalue weighted by atomic mass is 35.5. The second kappa shape index (κ2) is 5.35. The Balaban J connectivity index is 0.00000132. The average Bonchev–Trinajstić information content (AvgIpc) is 3.11. The molecule has 4 rings (SSSR count). The summed E-state index contributed by atoms with van der Waals surface area (Å²) in [5.41, 5.74) is 1.76. The summed E-state index contributed by atoms with van der Waals surface area (Å²) >= 11 is 0. The van der Waals surface area contributed by atoms with Crippen molar-refractivity contribution in [3.63, 3.8) is 0 Å². The number of aryl methyl sites for hydroxylation is 1. The van der Waals surface area contributed by atoms with E-state index in [0.29, 0.717) is 17.6 Å². The van der Waals surface area contributed by atoms with Gasteiger partial charge in [0, 0.05) is 37.1 Å². The normalized spacial score (nSPS) is 24.1. The third-order valence-corrected chi connectivity index (χ3v) is 4.71. The number of rotatable bonds is 1. The molecule has 0 spiro atoms. The summed E-state index contributed by atoms with van der Waals surface area (Å²) in [4.78, 5) is 14.6. The van der Waals surface area contributed by atoms with Crippen molar-refractivity contribution in [1.82, 2.24) is 10.2 Å². The summed E-state index contributed by atoms with van der Waals surface area (Å²) < 4.78 is 5.79. The number of furan rings is 1. The summed E-state index contributed by atoms with van der Waals surface area (Å²) in [5, 5.41) is 4.43. The minimum absolute atomic E-state index is 0. The number of hydrogen-bond acceptors (Lipinski definition) is 3. The van der Waals surface area contributed by atoms with Gasteiger partial charge in [0.05, 0.1) is 0 Å². The van der Waals surface area contributed by atoms with E-state index in [1.165, 1.54) is 0 Å². The van der Waals surface area contributed by atoms with Gasteiger partial charge in [-0.2, -0.15) is 0 Å². The van der Waals surface area contributed by atoms with Crippen LogP contribution in [0.3, 0.4) is 0 Å². The number of halogens is 1. The largest absolute Gasteiger partial charge is 0.451 e. The Kier molecular flexibility index (Phi) is 3.68. The zero-order valence-corrected chi connectivity index (χ0v) is 12.8. The Morgan fingerprint density at radius 2 is 1.90 bits per heavy atom. The summed E-state index contributed by atoms with van der Waals surface area (Å²) in [6, 6.07) is 7.84. The van der Waals surface area contributed by atoms with Crippen LogP contribution >= 0.6 is 12.4 Å². The molecule has 0 unspecified atom stereocenters. The highest BCUT2D eigenvalue weighted by Gasteiger charge is 2.39. The van der Waals surface area contributed by atoms with Crippen molar-refractivity contribution in [3.05, 3.63) is 35.6 Å². The number of hydrogen-bond donors (Lipinski definition) is 1. The lowest BCUT2D eigenvalue weighted by Crippen LogP contribution is -2.31. The molecule has 0 aliphatic carbocycles. The van der Waals surface area contributed by atoms with Crippen LogP contribution in [0.4, 0.5) is 0 Å². The predicted molar refractivity (Wildman–Crippen MR) is 84.0 cm³/mol. The van der Waals surface area contributed by atoms with Crippen LogP contribution in [0.2, 0.25) is 0 Å². The van der Waals surface area contributed by atoms with Gasteiger partial charge in [-0.25, -0.2) is 0 Å². The van der Waals surface area contributed by atoms with Gasteiger partial charge in [0.2, 0.25) is 0 Å². The van der Waals surface area contributed by atoms with Gasteiger partial charge in [0.15, 0.2) is 5.76 Å². The Morgan fingerprint density at radius 1 is 1.24 bits per heavy atom. The van der Waals surface area contributed by atoms with Crippen molar-refractivity contribution in [1.29, 1.82) is 0 Å². The standard InChI is InChI=1S/C16H18N2O2.ClH/c1-10-13-4-2-3-5-14(13)20-15(10)16(19)18-8-11-6-17-7-12(11)9-18;/h2-5,11-12,17H,6-9H2,1H3;1H/t11-,12+;. The first-order valence-corrected chi connectivity index (χ1v) is 7.22. The van der Waals surface area contributed by atoms with Gasteiger partial charge in [-0.1, -0.05) is 18.2 Å². The van der Waals surface area contributed by atoms with Crippen molar-refractivity contribution in [3.8, 4) is 0 Å². The molecule has 4 nitrogen and oxygen atoms in total. The summed E-state index contributed by atoms with van der Waals surface area (Å²) in [6.45, 7) is 5.75. The molecule has 2 aliphatic heterocycles. The Bertz CT molecular complexity index is 670. The highest BCUT2D eigenvalue weighted by Crippen LogP contribution is 2.30. The molecule has 1 amide bonds. The van der Waals surface area contributed by atoms with Crippen molar-refractivity contribution in [2.45, 2.75) is 6.92 Å². The Labute approximate surface area is 129 Å². The van der Waals surface area contributed by atoms with Crippen LogP contribution < -0.4 is 5.32 Å². The third kappa shape index (κ3) is 2.23. The maximum Gasteiger partial charge on any atom is 0.289 e. The smallest absolute Gasteiger partial charge is 0.289 e. The Morgan fingerprint density at radius 3 is 2.57 bits per heavy atom. The molecule has 0 bridgehead atoms. The third-order valence-electron chi connectivity index (χ3n) is 4.71. The quantitative estimate of drug-likeness (QED) is 0.880. The number of amides is 1. The van der Waals surface area contributed by atoms with Crippen LogP contribution in [0.5, 0.6) is 0 Å². The summed E-state index contributed by atoms with van der Waals surface area (Å²) in [5.74, 6) is 1.79. The van der Waals surface area contributed by atoms with Gasteiger partial charge in [0.25, 0.3) is 5.91 Å². The molecule has 0 saturated carbocycles. The van der Waals surface area contributed by atoms with Gasteiger partial charge in [-0.05, 0) is 24.8 Å². The summed E-state index contributed by atoms with van der Waals surface area (Å²) in [6.07, 6.45) is 0. The topological polar surface area (TPSA) is 45.5 Å². The molecule has 2 aliphatic rings. The number of likely N-dealkylation sites (tertiary alicyclic amines) is 1. The lowest BCUT2D eigenvalue weighted by molar-refractivity contribution is 0.0751. The first-order chi connectivity index (χ1) is 9.74. The SMILES string of the molecule is Cc1c(C(=O)N2C[C@H]3CNC[C@H]3C2)oc2ccccc12.Cl. The Hall–Kier alpha value is -1.52. The van der Waals surface area contributed by atoms with E-state index in [1.807, 2.05) is 36.1 Å². The number of carbonyl (C=O) groups excluding carboxylic acids is 1. The van der Waals surface area contributed by atoms with Crippen LogP contribution in [0, 0.1) is 18.8 Å². The second-order valence-corrected chi connectivity index (χ2v) is 5.94. The van der Waals surface area contributed by atoms with Gasteiger partial charge in [0.1, 0.15) is 5.58 Å². The number of benzene rings is 1. The fourth-order valence-electron chi connectivity index (χ4n) is 3.54. The molecular weight excluding hydrogens is 288 g/mol. The first-order valence-electron chi connectivity index (χ1n) is 7.22. The van der Waals surface area contributed by atoms with Gasteiger partial charge in [-0.15, -0.1) is 12.4 Å². The number of nitrogens with one attached hydrogen (secondary N) is 1. The van der Waals surface area contributed by atoms with Gasteiger partial charge >= 0.3 is 0 Å². The van der Waals surface area contributed by atoms with Gasteiger partial charge in [-0.3, -0.25) is 4.79 Å². The molecule has 3 heterocycles. The van der Waals surface area contributed by atoms with Gasteiger partial charge < -0.3 is 14.6 Å².